The van der Waals surface area contributed by atoms with Crippen molar-refractivity contribution in [1.29, 1.82) is 0 Å². The van der Waals surface area contributed by atoms with Crippen LogP contribution in [0.4, 0.5) is 5.69 Å². The maximum atomic E-state index is 12.1. The molecule has 26 heavy (non-hydrogen) atoms. The smallest absolute Gasteiger partial charge is 0.226 e. The summed E-state index contributed by atoms with van der Waals surface area (Å²) < 4.78 is 5.25. The van der Waals surface area contributed by atoms with Crippen LogP contribution in [-0.2, 0) is 17.6 Å². The molecule has 0 atom stereocenters. The molecule has 1 amide bonds. The van der Waals surface area contributed by atoms with Gasteiger partial charge in [-0.25, -0.2) is 0 Å². The molecule has 0 aliphatic rings. The van der Waals surface area contributed by atoms with Gasteiger partial charge in [-0.3, -0.25) is 4.79 Å². The second-order valence-electron chi connectivity index (χ2n) is 5.97. The molecule has 1 aromatic heterocycles. The van der Waals surface area contributed by atoms with E-state index in [9.17, 15) is 4.79 Å². The Morgan fingerprint density at radius 1 is 1.19 bits per heavy atom. The highest BCUT2D eigenvalue weighted by Gasteiger charge is 2.10. The lowest BCUT2D eigenvalue weighted by molar-refractivity contribution is -0.116. The largest absolute Gasteiger partial charge is 0.339 e. The fourth-order valence-corrected chi connectivity index (χ4v) is 2.69. The summed E-state index contributed by atoms with van der Waals surface area (Å²) >= 11 is 5.88. The molecule has 134 valence electrons. The lowest BCUT2D eigenvalue weighted by Gasteiger charge is -2.06. The average molecular weight is 370 g/mol. The number of aromatic nitrogens is 2. The number of hydrogen-bond donors (Lipinski definition) is 1. The van der Waals surface area contributed by atoms with E-state index < -0.39 is 0 Å². The fraction of sp³-hybridized carbons (Fsp3) is 0.250. The number of carbonyl (C=O) groups excluding carboxylic acids is 1. The van der Waals surface area contributed by atoms with Crippen LogP contribution in [0.25, 0.3) is 11.4 Å². The number of benzene rings is 2. The number of halogens is 1. The molecule has 0 bridgehead atoms. The Kier molecular flexibility index (Phi) is 6.02. The van der Waals surface area contributed by atoms with Gasteiger partial charge in [0.15, 0.2) is 0 Å². The Morgan fingerprint density at radius 3 is 2.77 bits per heavy atom. The molecule has 0 spiro atoms. The molecule has 1 heterocycles. The van der Waals surface area contributed by atoms with E-state index in [-0.39, 0.29) is 5.91 Å². The Bertz CT molecular complexity index is 875. The van der Waals surface area contributed by atoms with Gasteiger partial charge in [-0.2, -0.15) is 4.98 Å². The fourth-order valence-electron chi connectivity index (χ4n) is 2.57. The lowest BCUT2D eigenvalue weighted by atomic mass is 10.1. The van der Waals surface area contributed by atoms with Crippen molar-refractivity contribution in [3.63, 3.8) is 0 Å². The van der Waals surface area contributed by atoms with Gasteiger partial charge in [0.05, 0.1) is 0 Å². The zero-order valence-electron chi connectivity index (χ0n) is 14.5. The van der Waals surface area contributed by atoms with Gasteiger partial charge >= 0.3 is 0 Å². The Labute approximate surface area is 157 Å². The van der Waals surface area contributed by atoms with Crippen molar-refractivity contribution in [2.75, 3.05) is 5.32 Å². The van der Waals surface area contributed by atoms with Gasteiger partial charge < -0.3 is 9.84 Å². The number of anilines is 1. The first-order valence-corrected chi connectivity index (χ1v) is 8.99. The highest BCUT2D eigenvalue weighted by molar-refractivity contribution is 6.30. The molecule has 1 N–H and O–H groups in total. The number of nitrogens with one attached hydrogen (secondary N) is 1. The van der Waals surface area contributed by atoms with E-state index in [4.69, 9.17) is 16.1 Å². The van der Waals surface area contributed by atoms with E-state index in [1.165, 1.54) is 5.56 Å². The van der Waals surface area contributed by atoms with E-state index in [1.54, 1.807) is 12.1 Å². The maximum absolute atomic E-state index is 12.1. The zero-order chi connectivity index (χ0) is 18.4. The summed E-state index contributed by atoms with van der Waals surface area (Å²) in [5.74, 6) is 1.03. The van der Waals surface area contributed by atoms with Crippen LogP contribution in [0, 0.1) is 0 Å². The first-order valence-electron chi connectivity index (χ1n) is 8.61. The number of carbonyl (C=O) groups is 1. The van der Waals surface area contributed by atoms with Crippen LogP contribution >= 0.6 is 11.6 Å². The molecule has 0 unspecified atom stereocenters. The van der Waals surface area contributed by atoms with E-state index >= 15 is 0 Å². The standard InChI is InChI=1S/C20H20ClN3O2/c1-2-14-5-3-6-17(13-14)22-18(25)7-4-8-19-23-20(24-26-19)15-9-11-16(21)12-10-15/h3,5-6,9-13H,2,4,7-8H2,1H3,(H,22,25). The minimum Gasteiger partial charge on any atom is -0.339 e. The second kappa shape index (κ2) is 8.63. The Hall–Kier alpha value is -2.66. The minimum absolute atomic E-state index is 0.0179. The average Bonchev–Trinajstić information content (AvgIpc) is 3.11. The lowest BCUT2D eigenvalue weighted by Crippen LogP contribution is -2.11. The Morgan fingerprint density at radius 2 is 2.00 bits per heavy atom. The molecule has 2 aromatic carbocycles. The van der Waals surface area contributed by atoms with E-state index in [0.29, 0.717) is 36.0 Å². The quantitative estimate of drug-likeness (QED) is 0.642. The molecule has 3 aromatic rings. The molecule has 0 aliphatic heterocycles. The van der Waals surface area contributed by atoms with Crippen molar-refractivity contribution in [3.05, 3.63) is 65.0 Å². The number of hydrogen-bond acceptors (Lipinski definition) is 4. The molecule has 3 rings (SSSR count). The molecule has 0 aliphatic carbocycles. The zero-order valence-corrected chi connectivity index (χ0v) is 15.3. The van der Waals surface area contributed by atoms with Crippen molar-refractivity contribution >= 4 is 23.2 Å². The van der Waals surface area contributed by atoms with Crippen LogP contribution in [-0.4, -0.2) is 16.0 Å². The predicted octanol–water partition coefficient (Wildman–Crippen LogP) is 4.91. The second-order valence-corrected chi connectivity index (χ2v) is 6.41. The van der Waals surface area contributed by atoms with Crippen LogP contribution in [0.5, 0.6) is 0 Å². The van der Waals surface area contributed by atoms with E-state index in [2.05, 4.69) is 22.4 Å². The van der Waals surface area contributed by atoms with E-state index in [1.807, 2.05) is 36.4 Å². The van der Waals surface area contributed by atoms with Gasteiger partial charge in [0, 0.05) is 29.1 Å². The van der Waals surface area contributed by atoms with Gasteiger partial charge in [-0.05, 0) is 54.8 Å². The van der Waals surface area contributed by atoms with Crippen LogP contribution < -0.4 is 5.32 Å². The van der Waals surface area contributed by atoms with Crippen LogP contribution in [0.2, 0.25) is 5.02 Å². The first kappa shape index (κ1) is 18.1. The molecular weight excluding hydrogens is 350 g/mol. The molecule has 6 heteroatoms. The predicted molar refractivity (Wildman–Crippen MR) is 102 cm³/mol. The number of nitrogens with zero attached hydrogens (tertiary/aromatic N) is 2. The summed E-state index contributed by atoms with van der Waals surface area (Å²) in [6.07, 6.45) is 2.54. The molecular formula is C20H20ClN3O2. The molecule has 0 radical (unpaired) electrons. The van der Waals surface area contributed by atoms with Crippen molar-refractivity contribution in [2.24, 2.45) is 0 Å². The third-order valence-electron chi connectivity index (χ3n) is 3.98. The summed E-state index contributed by atoms with van der Waals surface area (Å²) in [6, 6.07) is 15.1. The normalized spacial score (nSPS) is 10.7. The molecule has 0 fully saturated rings. The van der Waals surface area contributed by atoms with Crippen LogP contribution in [0.1, 0.15) is 31.2 Å². The maximum Gasteiger partial charge on any atom is 0.226 e. The van der Waals surface area contributed by atoms with Crippen molar-refractivity contribution in [1.82, 2.24) is 10.1 Å². The van der Waals surface area contributed by atoms with Crippen molar-refractivity contribution in [3.8, 4) is 11.4 Å². The number of amides is 1. The third kappa shape index (κ3) is 4.92. The number of aryl methyl sites for hydroxylation is 2. The van der Waals surface area contributed by atoms with E-state index in [0.717, 1.165) is 17.7 Å². The summed E-state index contributed by atoms with van der Waals surface area (Å²) in [5, 5.41) is 7.55. The molecule has 0 saturated carbocycles. The third-order valence-corrected chi connectivity index (χ3v) is 4.24. The minimum atomic E-state index is -0.0179. The van der Waals surface area contributed by atoms with Crippen LogP contribution in [0.15, 0.2) is 53.1 Å². The summed E-state index contributed by atoms with van der Waals surface area (Å²) in [5.41, 5.74) is 2.87. The van der Waals surface area contributed by atoms with Gasteiger partial charge in [-0.1, -0.05) is 35.8 Å². The highest BCUT2D eigenvalue weighted by atomic mass is 35.5. The summed E-state index contributed by atoms with van der Waals surface area (Å²) in [6.45, 7) is 2.09. The van der Waals surface area contributed by atoms with Gasteiger partial charge in [-0.15, -0.1) is 0 Å². The monoisotopic (exact) mass is 369 g/mol. The van der Waals surface area contributed by atoms with Crippen molar-refractivity contribution in [2.45, 2.75) is 32.6 Å². The first-order chi connectivity index (χ1) is 12.6. The van der Waals surface area contributed by atoms with Crippen molar-refractivity contribution < 1.29 is 9.32 Å². The molecule has 5 nitrogen and oxygen atoms in total. The SMILES string of the molecule is CCc1cccc(NC(=O)CCCc2nc(-c3ccc(Cl)cc3)no2)c1. The summed E-state index contributed by atoms with van der Waals surface area (Å²) in [4.78, 5) is 16.4. The van der Waals surface area contributed by atoms with Gasteiger partial charge in [0.1, 0.15) is 0 Å². The van der Waals surface area contributed by atoms with Gasteiger partial charge in [0.25, 0.3) is 0 Å². The number of rotatable bonds is 7. The van der Waals surface area contributed by atoms with Gasteiger partial charge in [0.2, 0.25) is 17.6 Å². The topological polar surface area (TPSA) is 68.0 Å². The van der Waals surface area contributed by atoms with Crippen LogP contribution in [0.3, 0.4) is 0 Å². The highest BCUT2D eigenvalue weighted by Crippen LogP contribution is 2.19. The Balaban J connectivity index is 1.48. The molecule has 0 saturated heterocycles. The summed E-state index contributed by atoms with van der Waals surface area (Å²) in [7, 11) is 0.